The molecule has 1 aliphatic rings. The summed E-state index contributed by atoms with van der Waals surface area (Å²) in [6.07, 6.45) is 3.27. The summed E-state index contributed by atoms with van der Waals surface area (Å²) < 4.78 is 5.46. The molecule has 0 radical (unpaired) electrons. The van der Waals surface area contributed by atoms with Crippen LogP contribution in [0.4, 0.5) is 0 Å². The second-order valence-corrected chi connectivity index (χ2v) is 8.34. The van der Waals surface area contributed by atoms with Gasteiger partial charge in [-0.05, 0) is 37.3 Å². The van der Waals surface area contributed by atoms with Crippen LogP contribution in [0, 0.1) is 12.8 Å². The summed E-state index contributed by atoms with van der Waals surface area (Å²) in [5.41, 5.74) is 1.32. The Morgan fingerprint density at radius 2 is 2.08 bits per heavy atom. The lowest BCUT2D eigenvalue weighted by Crippen LogP contribution is -2.49. The first-order chi connectivity index (χ1) is 11.5. The van der Waals surface area contributed by atoms with Gasteiger partial charge >= 0.3 is 0 Å². The fraction of sp³-hybridized carbons (Fsp3) is 0.737. The van der Waals surface area contributed by atoms with E-state index in [1.807, 2.05) is 0 Å². The monoisotopic (exact) mass is 352 g/mol. The fourth-order valence-electron chi connectivity index (χ4n) is 3.30. The van der Waals surface area contributed by atoms with E-state index in [4.69, 9.17) is 4.74 Å². The molecule has 2 heterocycles. The highest BCUT2D eigenvalue weighted by Gasteiger charge is 2.23. The van der Waals surface area contributed by atoms with E-state index >= 15 is 0 Å². The number of carbonyl (C=O) groups excluding carboxylic acids is 1. The third-order valence-corrected chi connectivity index (χ3v) is 5.66. The van der Waals surface area contributed by atoms with Gasteiger partial charge in [-0.25, -0.2) is 0 Å². The smallest absolute Gasteiger partial charge is 0.261 e. The Morgan fingerprint density at radius 3 is 2.71 bits per heavy atom. The third-order valence-electron chi connectivity index (χ3n) is 4.57. The van der Waals surface area contributed by atoms with Crippen molar-refractivity contribution in [1.82, 2.24) is 10.2 Å². The van der Waals surface area contributed by atoms with E-state index in [1.54, 1.807) is 11.3 Å². The molecule has 4 nitrogen and oxygen atoms in total. The summed E-state index contributed by atoms with van der Waals surface area (Å²) in [5.74, 6) is 0.697. The Bertz CT molecular complexity index is 521. The largest absolute Gasteiger partial charge is 0.379 e. The molecule has 1 N–H and O–H groups in total. The van der Waals surface area contributed by atoms with Crippen molar-refractivity contribution in [1.29, 1.82) is 0 Å². The molecular formula is C19H32N2O2S. The summed E-state index contributed by atoms with van der Waals surface area (Å²) in [5, 5.41) is 3.17. The number of hydrogen-bond donors (Lipinski definition) is 1. The molecular weight excluding hydrogens is 320 g/mol. The quantitative estimate of drug-likeness (QED) is 0.779. The number of hydrogen-bond acceptors (Lipinski definition) is 4. The molecule has 24 heavy (non-hydrogen) atoms. The van der Waals surface area contributed by atoms with Crippen LogP contribution in [0.5, 0.6) is 0 Å². The first kappa shape index (κ1) is 19.4. The molecule has 0 bridgehead atoms. The van der Waals surface area contributed by atoms with Crippen LogP contribution in [-0.4, -0.2) is 49.7 Å². The topological polar surface area (TPSA) is 41.6 Å². The van der Waals surface area contributed by atoms with Crippen molar-refractivity contribution in [3.05, 3.63) is 21.4 Å². The van der Waals surface area contributed by atoms with Gasteiger partial charge in [-0.1, -0.05) is 27.2 Å². The van der Waals surface area contributed by atoms with E-state index < -0.39 is 0 Å². The highest BCUT2D eigenvalue weighted by molar-refractivity contribution is 7.14. The number of morpholine rings is 1. The fourth-order valence-corrected chi connectivity index (χ4v) is 4.28. The van der Waals surface area contributed by atoms with Crippen LogP contribution >= 0.6 is 11.3 Å². The molecule has 1 amide bonds. The molecule has 1 aromatic rings. The van der Waals surface area contributed by atoms with Crippen molar-refractivity contribution >= 4 is 17.2 Å². The van der Waals surface area contributed by atoms with Crippen LogP contribution in [0.15, 0.2) is 6.07 Å². The number of thiophene rings is 1. The average Bonchev–Trinajstić information content (AvgIpc) is 2.93. The number of nitrogens with one attached hydrogen (secondary N) is 1. The van der Waals surface area contributed by atoms with E-state index in [1.165, 1.54) is 10.4 Å². The first-order valence-corrected chi connectivity index (χ1v) is 10.0. The molecule has 1 atom stereocenters. The summed E-state index contributed by atoms with van der Waals surface area (Å²) in [6.45, 7) is 13.0. The Hall–Kier alpha value is -0.910. The summed E-state index contributed by atoms with van der Waals surface area (Å²) in [4.78, 5) is 17.1. The maximum Gasteiger partial charge on any atom is 0.261 e. The van der Waals surface area contributed by atoms with Gasteiger partial charge in [0, 0.05) is 30.6 Å². The number of ether oxygens (including phenoxy) is 1. The van der Waals surface area contributed by atoms with Gasteiger partial charge in [0.15, 0.2) is 0 Å². The van der Waals surface area contributed by atoms with Crippen LogP contribution in [0.1, 0.15) is 53.7 Å². The van der Waals surface area contributed by atoms with Gasteiger partial charge in [0.2, 0.25) is 0 Å². The van der Waals surface area contributed by atoms with Crippen molar-refractivity contribution < 1.29 is 9.53 Å². The number of aryl methyl sites for hydroxylation is 2. The molecule has 1 unspecified atom stereocenters. The second kappa shape index (κ2) is 9.54. The van der Waals surface area contributed by atoms with Crippen LogP contribution < -0.4 is 5.32 Å². The van der Waals surface area contributed by atoms with Gasteiger partial charge in [-0.2, -0.15) is 0 Å². The predicted octanol–water partition coefficient (Wildman–Crippen LogP) is 3.49. The van der Waals surface area contributed by atoms with Crippen LogP contribution in [-0.2, 0) is 11.2 Å². The second-order valence-electron chi connectivity index (χ2n) is 7.08. The van der Waals surface area contributed by atoms with Crippen molar-refractivity contribution in [2.45, 2.75) is 53.0 Å². The van der Waals surface area contributed by atoms with Gasteiger partial charge < -0.3 is 10.1 Å². The lowest BCUT2D eigenvalue weighted by Gasteiger charge is -2.35. The minimum Gasteiger partial charge on any atom is -0.379 e. The molecule has 1 fully saturated rings. The molecule has 5 heteroatoms. The SMILES string of the molecule is CCCc1cc(C(=O)NCC(CC(C)C)N2CCOCC2)sc1C. The molecule has 136 valence electrons. The van der Waals surface area contributed by atoms with Crippen molar-refractivity contribution in [3.8, 4) is 0 Å². The molecule has 1 aliphatic heterocycles. The molecule has 0 spiro atoms. The van der Waals surface area contributed by atoms with Crippen LogP contribution in [0.3, 0.4) is 0 Å². The maximum atomic E-state index is 12.5. The Balaban J connectivity index is 1.94. The zero-order chi connectivity index (χ0) is 17.5. The van der Waals surface area contributed by atoms with Crippen LogP contribution in [0.2, 0.25) is 0 Å². The average molecular weight is 353 g/mol. The van der Waals surface area contributed by atoms with Crippen LogP contribution in [0.25, 0.3) is 0 Å². The number of rotatable bonds is 8. The van der Waals surface area contributed by atoms with Gasteiger partial charge in [-0.15, -0.1) is 11.3 Å². The predicted molar refractivity (Wildman–Crippen MR) is 101 cm³/mol. The van der Waals surface area contributed by atoms with E-state index in [9.17, 15) is 4.79 Å². The lowest BCUT2D eigenvalue weighted by atomic mass is 10.0. The van der Waals surface area contributed by atoms with Crippen molar-refractivity contribution in [3.63, 3.8) is 0 Å². The maximum absolute atomic E-state index is 12.5. The molecule has 0 aliphatic carbocycles. The Morgan fingerprint density at radius 1 is 1.38 bits per heavy atom. The molecule has 1 aromatic heterocycles. The molecule has 0 saturated carbocycles. The lowest BCUT2D eigenvalue weighted by molar-refractivity contribution is 0.0125. The zero-order valence-corrected chi connectivity index (χ0v) is 16.4. The van der Waals surface area contributed by atoms with E-state index in [0.29, 0.717) is 12.0 Å². The number of amides is 1. The molecule has 1 saturated heterocycles. The number of nitrogens with zero attached hydrogens (tertiary/aromatic N) is 1. The molecule has 2 rings (SSSR count). The Labute approximate surface area is 150 Å². The summed E-state index contributed by atoms with van der Waals surface area (Å²) in [6, 6.07) is 2.47. The normalized spacial score (nSPS) is 17.2. The summed E-state index contributed by atoms with van der Waals surface area (Å²) in [7, 11) is 0. The van der Waals surface area contributed by atoms with Crippen molar-refractivity contribution in [2.24, 2.45) is 5.92 Å². The van der Waals surface area contributed by atoms with Gasteiger partial charge in [0.25, 0.3) is 5.91 Å². The first-order valence-electron chi connectivity index (χ1n) is 9.20. The zero-order valence-electron chi connectivity index (χ0n) is 15.6. The third kappa shape index (κ3) is 5.57. The van der Waals surface area contributed by atoms with Gasteiger partial charge in [0.1, 0.15) is 0 Å². The Kier molecular flexibility index (Phi) is 7.72. The highest BCUT2D eigenvalue weighted by Crippen LogP contribution is 2.23. The van der Waals surface area contributed by atoms with E-state index in [2.05, 4.69) is 44.0 Å². The number of carbonyl (C=O) groups is 1. The van der Waals surface area contributed by atoms with E-state index in [0.717, 1.165) is 57.0 Å². The van der Waals surface area contributed by atoms with Gasteiger partial charge in [0.05, 0.1) is 18.1 Å². The minimum atomic E-state index is 0.0764. The van der Waals surface area contributed by atoms with E-state index in [-0.39, 0.29) is 5.91 Å². The highest BCUT2D eigenvalue weighted by atomic mass is 32.1. The standard InChI is InChI=1S/C19H32N2O2S/c1-5-6-16-12-18(24-15(16)4)19(22)20-13-17(11-14(2)3)21-7-9-23-10-8-21/h12,14,17H,5-11,13H2,1-4H3,(H,20,22). The molecule has 0 aromatic carbocycles. The van der Waals surface area contributed by atoms with Gasteiger partial charge in [-0.3, -0.25) is 9.69 Å². The van der Waals surface area contributed by atoms with Crippen molar-refractivity contribution in [2.75, 3.05) is 32.8 Å². The summed E-state index contributed by atoms with van der Waals surface area (Å²) >= 11 is 1.62. The minimum absolute atomic E-state index is 0.0764.